The Hall–Kier alpha value is -0.810. The molecule has 2 amide bonds. The number of halogens is 1. The van der Waals surface area contributed by atoms with Crippen molar-refractivity contribution in [2.45, 2.75) is 89.1 Å². The van der Waals surface area contributed by atoms with Gasteiger partial charge in [-0.25, -0.2) is 0 Å². The van der Waals surface area contributed by atoms with Crippen LogP contribution in [0.25, 0.3) is 0 Å². The second kappa shape index (κ2) is 9.80. The molecular formula is C22H38ClN3O2. The third-order valence-electron chi connectivity index (χ3n) is 7.89. The fourth-order valence-electron chi connectivity index (χ4n) is 6.18. The lowest BCUT2D eigenvalue weighted by Gasteiger charge is -2.45. The molecule has 1 saturated heterocycles. The zero-order valence-corrected chi connectivity index (χ0v) is 17.9. The van der Waals surface area contributed by atoms with Crippen LogP contribution in [0.2, 0.25) is 0 Å². The van der Waals surface area contributed by atoms with E-state index in [9.17, 15) is 9.59 Å². The molecule has 2 bridgehead atoms. The van der Waals surface area contributed by atoms with Gasteiger partial charge in [0.05, 0.1) is 0 Å². The number of nitrogens with zero attached hydrogens (tertiary/aromatic N) is 1. The van der Waals surface area contributed by atoms with Gasteiger partial charge in [-0.1, -0.05) is 25.7 Å². The van der Waals surface area contributed by atoms with E-state index in [1.54, 1.807) is 0 Å². The van der Waals surface area contributed by atoms with Crippen molar-refractivity contribution in [3.05, 3.63) is 0 Å². The first-order chi connectivity index (χ1) is 13.1. The predicted octanol–water partition coefficient (Wildman–Crippen LogP) is 3.25. The third kappa shape index (κ3) is 4.84. The highest BCUT2D eigenvalue weighted by atomic mass is 35.5. The van der Waals surface area contributed by atoms with Crippen LogP contribution in [0, 0.1) is 23.7 Å². The number of nitrogens with two attached hydrogens (primary N) is 1. The van der Waals surface area contributed by atoms with Gasteiger partial charge in [-0.2, -0.15) is 0 Å². The van der Waals surface area contributed by atoms with Crippen molar-refractivity contribution in [2.24, 2.45) is 29.4 Å². The number of rotatable bonds is 3. The summed E-state index contributed by atoms with van der Waals surface area (Å²) in [6, 6.07) is 0.703. The summed E-state index contributed by atoms with van der Waals surface area (Å²) in [5.41, 5.74) is 6.38. The lowest BCUT2D eigenvalue weighted by Crippen LogP contribution is -2.51. The van der Waals surface area contributed by atoms with Crippen LogP contribution in [0.15, 0.2) is 0 Å². The van der Waals surface area contributed by atoms with Gasteiger partial charge < -0.3 is 16.0 Å². The normalized spacial score (nSPS) is 34.4. The molecule has 3 N–H and O–H groups in total. The highest BCUT2D eigenvalue weighted by Crippen LogP contribution is 2.42. The molecule has 4 aliphatic rings. The Balaban J connectivity index is 0.00000225. The smallest absolute Gasteiger partial charge is 0.225 e. The fraction of sp³-hybridized carbons (Fsp3) is 0.909. The monoisotopic (exact) mass is 411 g/mol. The molecule has 4 fully saturated rings. The molecule has 0 aromatic carbocycles. The van der Waals surface area contributed by atoms with E-state index in [2.05, 4.69) is 5.32 Å². The van der Waals surface area contributed by atoms with E-state index in [1.165, 1.54) is 38.5 Å². The van der Waals surface area contributed by atoms with E-state index in [0.717, 1.165) is 51.6 Å². The largest absolute Gasteiger partial charge is 0.353 e. The van der Waals surface area contributed by atoms with Gasteiger partial charge in [0.2, 0.25) is 11.8 Å². The molecule has 4 rings (SSSR count). The average molecular weight is 412 g/mol. The van der Waals surface area contributed by atoms with E-state index >= 15 is 0 Å². The summed E-state index contributed by atoms with van der Waals surface area (Å²) in [4.78, 5) is 27.7. The zero-order valence-electron chi connectivity index (χ0n) is 17.1. The third-order valence-corrected chi connectivity index (χ3v) is 7.89. The van der Waals surface area contributed by atoms with Crippen LogP contribution in [0.4, 0.5) is 0 Å². The number of hydrogen-bond donors (Lipinski definition) is 2. The summed E-state index contributed by atoms with van der Waals surface area (Å²) in [6.07, 6.45) is 13.4. The molecule has 2 unspecified atom stereocenters. The summed E-state index contributed by atoms with van der Waals surface area (Å²) in [5, 5.41) is 3.27. The number of nitrogens with one attached hydrogen (secondary N) is 1. The van der Waals surface area contributed by atoms with Crippen molar-refractivity contribution in [3.8, 4) is 0 Å². The minimum absolute atomic E-state index is 0. The maximum Gasteiger partial charge on any atom is 0.225 e. The maximum absolute atomic E-state index is 13.1. The van der Waals surface area contributed by atoms with Crippen molar-refractivity contribution in [1.82, 2.24) is 10.2 Å². The Morgan fingerprint density at radius 2 is 1.39 bits per heavy atom. The number of likely N-dealkylation sites (tertiary alicyclic amines) is 1. The van der Waals surface area contributed by atoms with Crippen LogP contribution in [0.5, 0.6) is 0 Å². The Kier molecular flexibility index (Phi) is 7.66. The Morgan fingerprint density at radius 1 is 0.786 bits per heavy atom. The molecule has 1 aliphatic heterocycles. The van der Waals surface area contributed by atoms with Crippen LogP contribution in [0.3, 0.4) is 0 Å². The van der Waals surface area contributed by atoms with Gasteiger partial charge in [-0.3, -0.25) is 9.59 Å². The number of piperidine rings is 1. The molecule has 3 saturated carbocycles. The molecule has 0 aromatic heterocycles. The predicted molar refractivity (Wildman–Crippen MR) is 113 cm³/mol. The summed E-state index contributed by atoms with van der Waals surface area (Å²) in [6.45, 7) is 1.50. The van der Waals surface area contributed by atoms with Gasteiger partial charge in [0.1, 0.15) is 0 Å². The van der Waals surface area contributed by atoms with Crippen molar-refractivity contribution < 1.29 is 9.59 Å². The molecule has 1 heterocycles. The topological polar surface area (TPSA) is 75.4 Å². The van der Waals surface area contributed by atoms with E-state index in [4.69, 9.17) is 5.73 Å². The van der Waals surface area contributed by atoms with Crippen molar-refractivity contribution in [1.29, 1.82) is 0 Å². The molecular weight excluding hydrogens is 374 g/mol. The number of carbonyl (C=O) groups is 2. The minimum atomic E-state index is 0. The lowest BCUT2D eigenvalue weighted by atomic mass is 9.65. The van der Waals surface area contributed by atoms with E-state index in [1.807, 2.05) is 4.90 Å². The molecule has 28 heavy (non-hydrogen) atoms. The molecule has 5 nitrogen and oxygen atoms in total. The molecule has 2 atom stereocenters. The Morgan fingerprint density at radius 3 is 2.00 bits per heavy atom. The average Bonchev–Trinajstić information content (AvgIpc) is 2.68. The number of amides is 2. The van der Waals surface area contributed by atoms with Gasteiger partial charge >= 0.3 is 0 Å². The second-order valence-electron chi connectivity index (χ2n) is 9.64. The summed E-state index contributed by atoms with van der Waals surface area (Å²) >= 11 is 0. The Labute approximate surface area is 176 Å². The van der Waals surface area contributed by atoms with Gasteiger partial charge in [0.15, 0.2) is 0 Å². The van der Waals surface area contributed by atoms with Gasteiger partial charge in [0.25, 0.3) is 0 Å². The second-order valence-corrected chi connectivity index (χ2v) is 9.64. The van der Waals surface area contributed by atoms with Crippen molar-refractivity contribution in [3.63, 3.8) is 0 Å². The van der Waals surface area contributed by atoms with Gasteiger partial charge in [-0.05, 0) is 63.2 Å². The molecule has 0 radical (unpaired) electrons. The first kappa shape index (κ1) is 21.9. The Bertz CT molecular complexity index is 530. The van der Waals surface area contributed by atoms with Crippen LogP contribution >= 0.6 is 12.4 Å². The van der Waals surface area contributed by atoms with Crippen LogP contribution in [0.1, 0.15) is 77.0 Å². The van der Waals surface area contributed by atoms with Crippen LogP contribution < -0.4 is 11.1 Å². The van der Waals surface area contributed by atoms with Crippen molar-refractivity contribution >= 4 is 24.2 Å². The quantitative estimate of drug-likeness (QED) is 0.748. The molecule has 6 heteroatoms. The van der Waals surface area contributed by atoms with Gasteiger partial charge in [-0.15, -0.1) is 12.4 Å². The maximum atomic E-state index is 13.1. The molecule has 160 valence electrons. The van der Waals surface area contributed by atoms with Crippen LogP contribution in [-0.2, 0) is 9.59 Å². The summed E-state index contributed by atoms with van der Waals surface area (Å²) < 4.78 is 0. The molecule has 3 aliphatic carbocycles. The summed E-state index contributed by atoms with van der Waals surface area (Å²) in [5.74, 6) is 1.93. The highest BCUT2D eigenvalue weighted by molar-refractivity contribution is 5.85. The highest BCUT2D eigenvalue weighted by Gasteiger charge is 2.42. The van der Waals surface area contributed by atoms with Crippen molar-refractivity contribution in [2.75, 3.05) is 13.1 Å². The van der Waals surface area contributed by atoms with E-state index in [0.29, 0.717) is 29.8 Å². The number of carbonyl (C=O) groups excluding carboxylic acids is 2. The zero-order chi connectivity index (χ0) is 18.8. The van der Waals surface area contributed by atoms with Crippen LogP contribution in [-0.4, -0.2) is 41.9 Å². The van der Waals surface area contributed by atoms with E-state index in [-0.39, 0.29) is 30.2 Å². The number of hydrogen-bond acceptors (Lipinski definition) is 3. The molecule has 0 aromatic rings. The van der Waals surface area contributed by atoms with E-state index < -0.39 is 0 Å². The number of fused-ring (bicyclic) bond motifs is 2. The van der Waals surface area contributed by atoms with Gasteiger partial charge in [0, 0.05) is 37.0 Å². The SMILES string of the molecule is Cl.NC1C2CCCC1CC(C(=O)N1CCC(C(=O)NC3CCCCC3)CC1)C2. The summed E-state index contributed by atoms with van der Waals surface area (Å²) in [7, 11) is 0. The lowest BCUT2D eigenvalue weighted by molar-refractivity contribution is -0.142. The first-order valence-corrected chi connectivity index (χ1v) is 11.5. The standard InChI is InChI=1S/C22H37N3O2.ClH/c23-20-16-5-4-6-17(20)14-18(13-16)22(27)25-11-9-15(10-12-25)21(26)24-19-7-2-1-3-8-19;/h15-20H,1-14,23H2,(H,24,26);1H. The fourth-order valence-corrected chi connectivity index (χ4v) is 6.18. The molecule has 0 spiro atoms. The first-order valence-electron chi connectivity index (χ1n) is 11.5. The minimum Gasteiger partial charge on any atom is -0.353 e.